The van der Waals surface area contributed by atoms with E-state index in [-0.39, 0.29) is 17.9 Å². The zero-order valence-electron chi connectivity index (χ0n) is 13.9. The van der Waals surface area contributed by atoms with E-state index in [1.807, 2.05) is 50.3 Å². The summed E-state index contributed by atoms with van der Waals surface area (Å²) in [6, 6.07) is 7.13. The van der Waals surface area contributed by atoms with E-state index in [4.69, 9.17) is 28.6 Å². The first-order chi connectivity index (χ1) is 11.4. The fourth-order valence-corrected chi connectivity index (χ4v) is 2.80. The number of esters is 1. The summed E-state index contributed by atoms with van der Waals surface area (Å²) < 4.78 is 5.22. The number of hydrogen-bond donors (Lipinski definition) is 2. The molecule has 0 saturated carbocycles. The lowest BCUT2D eigenvalue weighted by molar-refractivity contribution is -0.138. The topological polar surface area (TPSA) is 50.4 Å². The summed E-state index contributed by atoms with van der Waals surface area (Å²) in [5, 5.41) is 7.39. The van der Waals surface area contributed by atoms with E-state index in [2.05, 4.69) is 10.6 Å². The molecule has 1 unspecified atom stereocenters. The van der Waals surface area contributed by atoms with Crippen LogP contribution in [0.2, 0.25) is 5.02 Å². The molecule has 0 aliphatic carbocycles. The summed E-state index contributed by atoms with van der Waals surface area (Å²) >= 11 is 11.2. The van der Waals surface area contributed by atoms with Gasteiger partial charge in [-0.05, 0) is 42.8 Å². The highest BCUT2D eigenvalue weighted by atomic mass is 35.5. The number of hydrogen-bond acceptors (Lipinski definition) is 3. The van der Waals surface area contributed by atoms with E-state index < -0.39 is 0 Å². The van der Waals surface area contributed by atoms with Crippen molar-refractivity contribution in [3.8, 4) is 0 Å². The van der Waals surface area contributed by atoms with E-state index in [0.29, 0.717) is 22.3 Å². The molecule has 1 aliphatic heterocycles. The Morgan fingerprint density at radius 1 is 1.38 bits per heavy atom. The van der Waals surface area contributed by atoms with Crippen LogP contribution in [0.15, 0.2) is 41.6 Å². The van der Waals surface area contributed by atoms with E-state index in [1.165, 1.54) is 0 Å². The Hall–Kier alpha value is -1.85. The molecule has 0 aromatic heterocycles. The lowest BCUT2D eigenvalue weighted by Gasteiger charge is -2.30. The third-order valence-corrected chi connectivity index (χ3v) is 4.03. The number of halogens is 1. The van der Waals surface area contributed by atoms with Gasteiger partial charge in [-0.15, -0.1) is 0 Å². The van der Waals surface area contributed by atoms with Crippen LogP contribution in [0.3, 0.4) is 0 Å². The van der Waals surface area contributed by atoms with Crippen LogP contribution in [0.1, 0.15) is 26.3 Å². The molecule has 128 valence electrons. The molecule has 0 amide bonds. The van der Waals surface area contributed by atoms with Crippen LogP contribution >= 0.6 is 23.8 Å². The van der Waals surface area contributed by atoms with Gasteiger partial charge in [0.05, 0.1) is 18.2 Å². The second-order valence-electron chi connectivity index (χ2n) is 5.69. The van der Waals surface area contributed by atoms with Gasteiger partial charge >= 0.3 is 5.97 Å². The molecule has 0 fully saturated rings. The third-order valence-electron chi connectivity index (χ3n) is 3.56. The predicted octanol–water partition coefficient (Wildman–Crippen LogP) is 3.67. The Balaban J connectivity index is 2.36. The van der Waals surface area contributed by atoms with Gasteiger partial charge in [0.15, 0.2) is 5.11 Å². The number of benzene rings is 1. The second-order valence-corrected chi connectivity index (χ2v) is 6.53. The van der Waals surface area contributed by atoms with Crippen LogP contribution in [-0.4, -0.2) is 23.7 Å². The number of ether oxygens (including phenoxy) is 1. The molecule has 1 aromatic carbocycles. The van der Waals surface area contributed by atoms with Crippen molar-refractivity contribution in [2.45, 2.75) is 26.8 Å². The number of thiocarbonyl (C=S) groups is 1. The van der Waals surface area contributed by atoms with Gasteiger partial charge < -0.3 is 15.4 Å². The monoisotopic (exact) mass is 364 g/mol. The lowest BCUT2D eigenvalue weighted by Crippen LogP contribution is -2.50. The average Bonchev–Trinajstić information content (AvgIpc) is 2.53. The number of carbonyl (C=O) groups excluding carboxylic acids is 1. The minimum atomic E-state index is -0.342. The Labute approximate surface area is 152 Å². The minimum absolute atomic E-state index is 0.121. The van der Waals surface area contributed by atoms with Crippen LogP contribution in [0.5, 0.6) is 0 Å². The molecule has 0 spiro atoms. The summed E-state index contributed by atoms with van der Waals surface area (Å²) in [5.74, 6) is -0.217. The zero-order valence-corrected chi connectivity index (χ0v) is 15.5. The summed E-state index contributed by atoms with van der Waals surface area (Å²) in [7, 11) is 0. The predicted molar refractivity (Wildman–Crippen MR) is 102 cm³/mol. The van der Waals surface area contributed by atoms with Crippen molar-refractivity contribution in [2.24, 2.45) is 5.92 Å². The van der Waals surface area contributed by atoms with E-state index in [1.54, 1.807) is 6.92 Å². The van der Waals surface area contributed by atoms with Crippen LogP contribution in [0.4, 0.5) is 0 Å². The van der Waals surface area contributed by atoms with Gasteiger partial charge in [0.25, 0.3) is 0 Å². The maximum Gasteiger partial charge on any atom is 0.338 e. The highest BCUT2D eigenvalue weighted by molar-refractivity contribution is 7.80. The normalized spacial score (nSPS) is 17.9. The van der Waals surface area contributed by atoms with Crippen molar-refractivity contribution >= 4 is 41.0 Å². The number of carbonyl (C=O) groups is 1. The molecule has 1 heterocycles. The summed E-state index contributed by atoms with van der Waals surface area (Å²) in [5.41, 5.74) is 2.34. The highest BCUT2D eigenvalue weighted by Crippen LogP contribution is 2.22. The van der Waals surface area contributed by atoms with Crippen LogP contribution in [-0.2, 0) is 9.53 Å². The molecule has 1 aliphatic rings. The van der Waals surface area contributed by atoms with Crippen molar-refractivity contribution in [3.05, 3.63) is 52.2 Å². The molecule has 0 bridgehead atoms. The maximum atomic E-state index is 12.4. The molecular formula is C18H21ClN2O2S. The van der Waals surface area contributed by atoms with Crippen LogP contribution in [0.25, 0.3) is 6.08 Å². The maximum absolute atomic E-state index is 12.4. The van der Waals surface area contributed by atoms with Gasteiger partial charge in [0, 0.05) is 10.7 Å². The average molecular weight is 365 g/mol. The number of allylic oxidation sites excluding steroid dienone is 1. The summed E-state index contributed by atoms with van der Waals surface area (Å²) in [4.78, 5) is 12.4. The Kier molecular flexibility index (Phi) is 6.40. The molecule has 2 N–H and O–H groups in total. The molecule has 6 heteroatoms. The van der Waals surface area contributed by atoms with Crippen molar-refractivity contribution in [1.82, 2.24) is 10.6 Å². The van der Waals surface area contributed by atoms with Crippen molar-refractivity contribution in [3.63, 3.8) is 0 Å². The fourth-order valence-electron chi connectivity index (χ4n) is 2.43. The molecule has 2 rings (SSSR count). The van der Waals surface area contributed by atoms with Crippen LogP contribution in [0, 0.1) is 5.92 Å². The van der Waals surface area contributed by atoms with Crippen molar-refractivity contribution in [1.29, 1.82) is 0 Å². The van der Waals surface area contributed by atoms with E-state index in [9.17, 15) is 4.79 Å². The Morgan fingerprint density at radius 2 is 2.04 bits per heavy atom. The first-order valence-electron chi connectivity index (χ1n) is 7.84. The first kappa shape index (κ1) is 18.5. The molecule has 24 heavy (non-hydrogen) atoms. The van der Waals surface area contributed by atoms with Gasteiger partial charge in [0.2, 0.25) is 0 Å². The summed E-state index contributed by atoms with van der Waals surface area (Å²) in [6.45, 7) is 6.14. The molecule has 0 saturated heterocycles. The van der Waals surface area contributed by atoms with Gasteiger partial charge in [-0.3, -0.25) is 0 Å². The van der Waals surface area contributed by atoms with Gasteiger partial charge in [-0.1, -0.05) is 49.7 Å². The SMILES string of the molecule is CCOC(=O)C1=C(C(C)C)NC(=S)NC1/C=C/c1ccc(Cl)cc1. The van der Waals surface area contributed by atoms with Crippen molar-refractivity contribution < 1.29 is 9.53 Å². The first-order valence-corrected chi connectivity index (χ1v) is 8.63. The van der Waals surface area contributed by atoms with Crippen molar-refractivity contribution in [2.75, 3.05) is 6.61 Å². The fraction of sp³-hybridized carbons (Fsp3) is 0.333. The van der Waals surface area contributed by atoms with E-state index in [0.717, 1.165) is 11.3 Å². The molecular weight excluding hydrogens is 344 g/mol. The second kappa shape index (κ2) is 8.31. The van der Waals surface area contributed by atoms with Gasteiger partial charge in [0.1, 0.15) is 0 Å². The number of nitrogens with one attached hydrogen (secondary N) is 2. The smallest absolute Gasteiger partial charge is 0.338 e. The molecule has 0 radical (unpaired) electrons. The van der Waals surface area contributed by atoms with E-state index >= 15 is 0 Å². The largest absolute Gasteiger partial charge is 0.463 e. The minimum Gasteiger partial charge on any atom is -0.463 e. The standard InChI is InChI=1S/C18H21ClN2O2S/c1-4-23-17(22)15-14(20-18(24)21-16(15)11(2)3)10-7-12-5-8-13(19)9-6-12/h5-11,14H,4H2,1-3H3,(H2,20,21,24)/b10-7+. The molecule has 4 nitrogen and oxygen atoms in total. The Bertz CT molecular complexity index is 681. The third kappa shape index (κ3) is 4.58. The van der Waals surface area contributed by atoms with Gasteiger partial charge in [-0.2, -0.15) is 0 Å². The lowest BCUT2D eigenvalue weighted by atomic mass is 9.95. The molecule has 1 aromatic rings. The quantitative estimate of drug-likeness (QED) is 0.616. The molecule has 1 atom stereocenters. The zero-order chi connectivity index (χ0) is 17.7. The highest BCUT2D eigenvalue weighted by Gasteiger charge is 2.30. The van der Waals surface area contributed by atoms with Gasteiger partial charge in [-0.25, -0.2) is 4.79 Å². The number of rotatable bonds is 5. The Morgan fingerprint density at radius 3 is 2.62 bits per heavy atom. The van der Waals surface area contributed by atoms with Crippen LogP contribution < -0.4 is 10.6 Å². The summed E-state index contributed by atoms with van der Waals surface area (Å²) in [6.07, 6.45) is 3.84.